The van der Waals surface area contributed by atoms with Crippen molar-refractivity contribution in [1.82, 2.24) is 9.97 Å². The van der Waals surface area contributed by atoms with E-state index in [1.165, 1.54) is 11.1 Å². The molecule has 2 aromatic rings. The molecule has 3 nitrogen and oxygen atoms in total. The summed E-state index contributed by atoms with van der Waals surface area (Å²) in [6.45, 7) is 8.09. The molecule has 0 radical (unpaired) electrons. The summed E-state index contributed by atoms with van der Waals surface area (Å²) in [5.74, 6) is 1.63. The highest BCUT2D eigenvalue weighted by Gasteiger charge is 2.00. The molecule has 3 heteroatoms. The molecule has 0 bridgehead atoms. The van der Waals surface area contributed by atoms with Crippen molar-refractivity contribution in [2.45, 2.75) is 27.7 Å². The fourth-order valence-electron chi connectivity index (χ4n) is 1.75. The Bertz CT molecular complexity index is 527. The zero-order valence-corrected chi connectivity index (χ0v) is 10.7. The van der Waals surface area contributed by atoms with E-state index in [2.05, 4.69) is 47.3 Å². The molecule has 1 aromatic carbocycles. The molecule has 0 fully saturated rings. The largest absolute Gasteiger partial charge is 0.340 e. The second-order valence-electron chi connectivity index (χ2n) is 4.37. The van der Waals surface area contributed by atoms with E-state index in [9.17, 15) is 0 Å². The van der Waals surface area contributed by atoms with Crippen LogP contribution in [-0.2, 0) is 0 Å². The van der Waals surface area contributed by atoms with Gasteiger partial charge in [0.15, 0.2) is 0 Å². The molecule has 88 valence electrons. The van der Waals surface area contributed by atoms with Crippen molar-refractivity contribution in [3.05, 3.63) is 46.9 Å². The van der Waals surface area contributed by atoms with Crippen molar-refractivity contribution < 1.29 is 0 Å². The molecule has 0 aliphatic rings. The molecule has 0 aliphatic heterocycles. The minimum absolute atomic E-state index is 0.788. The molecule has 1 N–H and O–H groups in total. The summed E-state index contributed by atoms with van der Waals surface area (Å²) in [4.78, 5) is 8.62. The van der Waals surface area contributed by atoms with Crippen molar-refractivity contribution in [3.63, 3.8) is 0 Å². The quantitative estimate of drug-likeness (QED) is 0.853. The standard InChI is InChI=1S/C14H17N3/c1-9-5-6-13(7-10(9)2)17-14-8-11(3)15-12(4)16-14/h5-8H,1-4H3,(H,15,16,17). The van der Waals surface area contributed by atoms with Crippen LogP contribution in [0.25, 0.3) is 0 Å². The van der Waals surface area contributed by atoms with Crippen LogP contribution in [0.3, 0.4) is 0 Å². The average Bonchev–Trinajstić information content (AvgIpc) is 2.22. The fourth-order valence-corrected chi connectivity index (χ4v) is 1.75. The summed E-state index contributed by atoms with van der Waals surface area (Å²) in [5.41, 5.74) is 4.61. The van der Waals surface area contributed by atoms with E-state index in [0.29, 0.717) is 0 Å². The monoisotopic (exact) mass is 227 g/mol. The molecule has 0 aliphatic carbocycles. The first-order chi connectivity index (χ1) is 8.04. The topological polar surface area (TPSA) is 37.8 Å². The number of benzene rings is 1. The van der Waals surface area contributed by atoms with Gasteiger partial charge in [-0.1, -0.05) is 6.07 Å². The number of nitrogens with zero attached hydrogens (tertiary/aromatic N) is 2. The van der Waals surface area contributed by atoms with E-state index >= 15 is 0 Å². The van der Waals surface area contributed by atoms with Crippen molar-refractivity contribution in [2.75, 3.05) is 5.32 Å². The van der Waals surface area contributed by atoms with Crippen molar-refractivity contribution in [1.29, 1.82) is 0 Å². The third-order valence-corrected chi connectivity index (χ3v) is 2.75. The Labute approximate surface area is 102 Å². The summed E-state index contributed by atoms with van der Waals surface area (Å²) < 4.78 is 0. The van der Waals surface area contributed by atoms with Gasteiger partial charge in [-0.2, -0.15) is 0 Å². The number of hydrogen-bond acceptors (Lipinski definition) is 3. The molecule has 0 atom stereocenters. The van der Waals surface area contributed by atoms with Crippen LogP contribution in [0.1, 0.15) is 22.6 Å². The summed E-state index contributed by atoms with van der Waals surface area (Å²) in [6, 6.07) is 8.25. The van der Waals surface area contributed by atoms with Gasteiger partial charge in [-0.25, -0.2) is 9.97 Å². The van der Waals surface area contributed by atoms with Crippen LogP contribution >= 0.6 is 0 Å². The minimum atomic E-state index is 0.788. The highest BCUT2D eigenvalue weighted by Crippen LogP contribution is 2.18. The Morgan fingerprint density at radius 1 is 0.882 bits per heavy atom. The third-order valence-electron chi connectivity index (χ3n) is 2.75. The van der Waals surface area contributed by atoms with Crippen molar-refractivity contribution in [3.8, 4) is 0 Å². The summed E-state index contributed by atoms with van der Waals surface area (Å²) >= 11 is 0. The van der Waals surface area contributed by atoms with E-state index in [1.807, 2.05) is 19.9 Å². The van der Waals surface area contributed by atoms with E-state index < -0.39 is 0 Å². The van der Waals surface area contributed by atoms with Gasteiger partial charge in [-0.15, -0.1) is 0 Å². The first-order valence-electron chi connectivity index (χ1n) is 5.71. The number of rotatable bonds is 2. The van der Waals surface area contributed by atoms with E-state index in [-0.39, 0.29) is 0 Å². The maximum Gasteiger partial charge on any atom is 0.134 e. The predicted molar refractivity (Wildman–Crippen MR) is 70.7 cm³/mol. The molecule has 0 saturated carbocycles. The van der Waals surface area contributed by atoms with Gasteiger partial charge in [0.05, 0.1) is 0 Å². The number of anilines is 2. The SMILES string of the molecule is Cc1cc(Nc2ccc(C)c(C)c2)nc(C)n1. The lowest BCUT2D eigenvalue weighted by Gasteiger charge is -2.09. The van der Waals surface area contributed by atoms with Gasteiger partial charge in [0.2, 0.25) is 0 Å². The highest BCUT2D eigenvalue weighted by atomic mass is 15.0. The van der Waals surface area contributed by atoms with E-state index in [4.69, 9.17) is 0 Å². The molecule has 0 saturated heterocycles. The summed E-state index contributed by atoms with van der Waals surface area (Å²) in [6.07, 6.45) is 0. The van der Waals surface area contributed by atoms with Gasteiger partial charge in [0.1, 0.15) is 11.6 Å². The van der Waals surface area contributed by atoms with Gasteiger partial charge in [0.25, 0.3) is 0 Å². The summed E-state index contributed by atoms with van der Waals surface area (Å²) in [5, 5.41) is 3.30. The number of aromatic nitrogens is 2. The first kappa shape index (κ1) is 11.6. The van der Waals surface area contributed by atoms with E-state index in [1.54, 1.807) is 0 Å². The fraction of sp³-hybridized carbons (Fsp3) is 0.286. The molecular weight excluding hydrogens is 210 g/mol. The van der Waals surface area contributed by atoms with Gasteiger partial charge in [-0.3, -0.25) is 0 Å². The summed E-state index contributed by atoms with van der Waals surface area (Å²) in [7, 11) is 0. The Hall–Kier alpha value is -1.90. The highest BCUT2D eigenvalue weighted by molar-refractivity contribution is 5.58. The normalized spacial score (nSPS) is 10.4. The lowest BCUT2D eigenvalue weighted by Crippen LogP contribution is -1.99. The first-order valence-corrected chi connectivity index (χ1v) is 5.71. The maximum atomic E-state index is 4.36. The second kappa shape index (κ2) is 4.53. The molecular formula is C14H17N3. The number of aryl methyl sites for hydroxylation is 4. The Morgan fingerprint density at radius 2 is 1.65 bits per heavy atom. The minimum Gasteiger partial charge on any atom is -0.340 e. The molecule has 17 heavy (non-hydrogen) atoms. The van der Waals surface area contributed by atoms with Crippen LogP contribution in [0.5, 0.6) is 0 Å². The van der Waals surface area contributed by atoms with E-state index in [0.717, 1.165) is 23.0 Å². The van der Waals surface area contributed by atoms with Gasteiger partial charge < -0.3 is 5.32 Å². The lowest BCUT2D eigenvalue weighted by atomic mass is 10.1. The Morgan fingerprint density at radius 3 is 2.29 bits per heavy atom. The Kier molecular flexibility index (Phi) is 3.09. The molecule has 2 rings (SSSR count). The van der Waals surface area contributed by atoms with Crippen molar-refractivity contribution >= 4 is 11.5 Å². The lowest BCUT2D eigenvalue weighted by molar-refractivity contribution is 1.01. The average molecular weight is 227 g/mol. The van der Waals surface area contributed by atoms with Crippen LogP contribution in [0.2, 0.25) is 0 Å². The van der Waals surface area contributed by atoms with Crippen LogP contribution in [0, 0.1) is 27.7 Å². The zero-order valence-electron chi connectivity index (χ0n) is 10.7. The van der Waals surface area contributed by atoms with Crippen LogP contribution < -0.4 is 5.32 Å². The molecule has 0 amide bonds. The number of nitrogens with one attached hydrogen (secondary N) is 1. The molecule has 0 spiro atoms. The van der Waals surface area contributed by atoms with Crippen molar-refractivity contribution in [2.24, 2.45) is 0 Å². The third kappa shape index (κ3) is 2.81. The zero-order chi connectivity index (χ0) is 12.4. The second-order valence-corrected chi connectivity index (χ2v) is 4.37. The van der Waals surface area contributed by atoms with Gasteiger partial charge >= 0.3 is 0 Å². The number of hydrogen-bond donors (Lipinski definition) is 1. The van der Waals surface area contributed by atoms with Crippen LogP contribution in [0.15, 0.2) is 24.3 Å². The molecule has 1 aromatic heterocycles. The molecule has 1 heterocycles. The molecule has 0 unspecified atom stereocenters. The smallest absolute Gasteiger partial charge is 0.134 e. The van der Waals surface area contributed by atoms with Gasteiger partial charge in [0, 0.05) is 17.4 Å². The maximum absolute atomic E-state index is 4.36. The van der Waals surface area contributed by atoms with Crippen LogP contribution in [-0.4, -0.2) is 9.97 Å². The predicted octanol–water partition coefficient (Wildman–Crippen LogP) is 3.45. The Balaban J connectivity index is 2.28. The van der Waals surface area contributed by atoms with Crippen LogP contribution in [0.4, 0.5) is 11.5 Å². The van der Waals surface area contributed by atoms with Gasteiger partial charge in [-0.05, 0) is 51.0 Å².